The van der Waals surface area contributed by atoms with E-state index in [0.29, 0.717) is 13.2 Å². The van der Waals surface area contributed by atoms with E-state index in [2.05, 4.69) is 19.0 Å². The third-order valence-corrected chi connectivity index (χ3v) is 2.13. The molecule has 0 unspecified atom stereocenters. The van der Waals surface area contributed by atoms with Crippen molar-refractivity contribution in [3.05, 3.63) is 17.5 Å². The van der Waals surface area contributed by atoms with Gasteiger partial charge in [-0.15, -0.1) is 0 Å². The zero-order valence-electron chi connectivity index (χ0n) is 9.53. The molecule has 4 nitrogen and oxygen atoms in total. The van der Waals surface area contributed by atoms with Gasteiger partial charge in [-0.1, -0.05) is 19.0 Å². The fraction of sp³-hybridized carbons (Fsp3) is 0.727. The zero-order chi connectivity index (χ0) is 11.1. The van der Waals surface area contributed by atoms with E-state index >= 15 is 0 Å². The Morgan fingerprint density at radius 2 is 2.33 bits per heavy atom. The molecule has 0 aliphatic rings. The van der Waals surface area contributed by atoms with Crippen molar-refractivity contribution < 1.29 is 9.26 Å². The Labute approximate surface area is 90.8 Å². The van der Waals surface area contributed by atoms with E-state index < -0.39 is 0 Å². The lowest BCUT2D eigenvalue weighted by atomic mass is 10.1. The first-order valence-electron chi connectivity index (χ1n) is 5.44. The van der Waals surface area contributed by atoms with Crippen molar-refractivity contribution in [2.75, 3.05) is 6.61 Å². The molecule has 0 fully saturated rings. The summed E-state index contributed by atoms with van der Waals surface area (Å²) in [5.41, 5.74) is 6.18. The van der Waals surface area contributed by atoms with E-state index in [0.717, 1.165) is 30.4 Å². The average Bonchev–Trinajstić information content (AvgIpc) is 2.65. The highest BCUT2D eigenvalue weighted by Crippen LogP contribution is 2.07. The van der Waals surface area contributed by atoms with E-state index in [1.807, 2.05) is 6.07 Å². The maximum atomic E-state index is 5.45. The Morgan fingerprint density at radius 1 is 1.53 bits per heavy atom. The Bertz CT molecular complexity index is 271. The summed E-state index contributed by atoms with van der Waals surface area (Å²) in [6.45, 7) is 6.10. The van der Waals surface area contributed by atoms with Crippen LogP contribution in [0.2, 0.25) is 0 Å². The van der Waals surface area contributed by atoms with Crippen LogP contribution in [0.15, 0.2) is 10.6 Å². The summed E-state index contributed by atoms with van der Waals surface area (Å²) < 4.78 is 10.5. The zero-order valence-corrected chi connectivity index (χ0v) is 9.53. The van der Waals surface area contributed by atoms with E-state index in [9.17, 15) is 0 Å². The molecule has 0 saturated heterocycles. The molecule has 4 heteroatoms. The molecule has 0 bridgehead atoms. The molecule has 15 heavy (non-hydrogen) atoms. The van der Waals surface area contributed by atoms with Crippen molar-refractivity contribution in [2.45, 2.75) is 39.8 Å². The first kappa shape index (κ1) is 12.2. The first-order chi connectivity index (χ1) is 7.22. The van der Waals surface area contributed by atoms with Gasteiger partial charge >= 0.3 is 0 Å². The van der Waals surface area contributed by atoms with Gasteiger partial charge in [0.1, 0.15) is 6.61 Å². The first-order valence-corrected chi connectivity index (χ1v) is 5.44. The molecule has 0 aliphatic heterocycles. The van der Waals surface area contributed by atoms with Crippen LogP contribution in [0.4, 0.5) is 0 Å². The Morgan fingerprint density at radius 3 is 2.93 bits per heavy atom. The second-order valence-corrected chi connectivity index (χ2v) is 4.08. The van der Waals surface area contributed by atoms with Gasteiger partial charge in [0, 0.05) is 19.2 Å². The van der Waals surface area contributed by atoms with Crippen LogP contribution >= 0.6 is 0 Å². The minimum atomic E-state index is 0.414. The molecular weight excluding hydrogens is 192 g/mol. The van der Waals surface area contributed by atoms with Gasteiger partial charge in [-0.2, -0.15) is 0 Å². The largest absolute Gasteiger partial charge is 0.373 e. The van der Waals surface area contributed by atoms with E-state index in [1.54, 1.807) is 0 Å². The number of nitrogens with zero attached hydrogens (tertiary/aromatic N) is 1. The molecule has 1 heterocycles. The molecule has 1 rings (SSSR count). The minimum absolute atomic E-state index is 0.414. The SMILES string of the molecule is CC(C)CCCOCc1cc(CN)no1. The number of rotatable bonds is 7. The summed E-state index contributed by atoms with van der Waals surface area (Å²) in [7, 11) is 0. The number of ether oxygens (including phenoxy) is 1. The second kappa shape index (κ2) is 6.58. The molecule has 0 amide bonds. The lowest BCUT2D eigenvalue weighted by molar-refractivity contribution is 0.0960. The molecule has 0 atom stereocenters. The molecule has 0 radical (unpaired) electrons. The summed E-state index contributed by atoms with van der Waals surface area (Å²) in [6, 6.07) is 1.84. The normalized spacial score (nSPS) is 11.2. The molecule has 1 aromatic rings. The van der Waals surface area contributed by atoms with Crippen molar-refractivity contribution in [2.24, 2.45) is 11.7 Å². The third-order valence-electron chi connectivity index (χ3n) is 2.13. The Hall–Kier alpha value is -0.870. The Kier molecular flexibility index (Phi) is 5.36. The summed E-state index contributed by atoms with van der Waals surface area (Å²) in [4.78, 5) is 0. The lowest BCUT2D eigenvalue weighted by Crippen LogP contribution is -1.97. The van der Waals surface area contributed by atoms with Gasteiger partial charge in [0.2, 0.25) is 0 Å². The van der Waals surface area contributed by atoms with Crippen LogP contribution in [-0.4, -0.2) is 11.8 Å². The van der Waals surface area contributed by atoms with Crippen LogP contribution in [0.3, 0.4) is 0 Å². The monoisotopic (exact) mass is 212 g/mol. The highest BCUT2D eigenvalue weighted by Gasteiger charge is 2.02. The fourth-order valence-corrected chi connectivity index (χ4v) is 1.29. The van der Waals surface area contributed by atoms with Gasteiger partial charge in [-0.05, 0) is 18.8 Å². The molecular formula is C11H20N2O2. The van der Waals surface area contributed by atoms with Gasteiger partial charge in [0.05, 0.1) is 5.69 Å². The van der Waals surface area contributed by atoms with Crippen LogP contribution in [0.5, 0.6) is 0 Å². The van der Waals surface area contributed by atoms with Crippen LogP contribution in [0.1, 0.15) is 38.1 Å². The van der Waals surface area contributed by atoms with Crippen LogP contribution < -0.4 is 5.73 Å². The summed E-state index contributed by atoms with van der Waals surface area (Å²) in [6.07, 6.45) is 2.29. The maximum absolute atomic E-state index is 5.45. The van der Waals surface area contributed by atoms with Gasteiger partial charge in [-0.3, -0.25) is 0 Å². The molecule has 86 valence electrons. The summed E-state index contributed by atoms with van der Waals surface area (Å²) in [5.74, 6) is 1.49. The summed E-state index contributed by atoms with van der Waals surface area (Å²) >= 11 is 0. The number of nitrogens with two attached hydrogens (primary N) is 1. The van der Waals surface area contributed by atoms with E-state index in [-0.39, 0.29) is 0 Å². The molecule has 0 spiro atoms. The Balaban J connectivity index is 2.09. The number of aromatic nitrogens is 1. The van der Waals surface area contributed by atoms with Gasteiger partial charge < -0.3 is 15.0 Å². The predicted octanol–water partition coefficient (Wildman–Crippen LogP) is 2.09. The maximum Gasteiger partial charge on any atom is 0.162 e. The van der Waals surface area contributed by atoms with Gasteiger partial charge in [-0.25, -0.2) is 0 Å². The highest BCUT2D eigenvalue weighted by atomic mass is 16.5. The molecule has 0 aromatic carbocycles. The van der Waals surface area contributed by atoms with E-state index in [4.69, 9.17) is 15.0 Å². The van der Waals surface area contributed by atoms with Crippen molar-refractivity contribution in [1.82, 2.24) is 5.16 Å². The lowest BCUT2D eigenvalue weighted by Gasteiger charge is -2.04. The van der Waals surface area contributed by atoms with Crippen molar-refractivity contribution >= 4 is 0 Å². The van der Waals surface area contributed by atoms with Gasteiger partial charge in [0.15, 0.2) is 5.76 Å². The summed E-state index contributed by atoms with van der Waals surface area (Å²) in [5, 5.41) is 3.78. The van der Waals surface area contributed by atoms with Crippen molar-refractivity contribution in [3.63, 3.8) is 0 Å². The molecule has 0 aliphatic carbocycles. The smallest absolute Gasteiger partial charge is 0.162 e. The third kappa shape index (κ3) is 4.95. The van der Waals surface area contributed by atoms with Crippen molar-refractivity contribution in [1.29, 1.82) is 0 Å². The van der Waals surface area contributed by atoms with Crippen LogP contribution in [-0.2, 0) is 17.9 Å². The average molecular weight is 212 g/mol. The number of hydrogen-bond acceptors (Lipinski definition) is 4. The fourth-order valence-electron chi connectivity index (χ4n) is 1.29. The second-order valence-electron chi connectivity index (χ2n) is 4.08. The molecule has 0 saturated carbocycles. The number of hydrogen-bond donors (Lipinski definition) is 1. The van der Waals surface area contributed by atoms with Crippen molar-refractivity contribution in [3.8, 4) is 0 Å². The molecule has 1 aromatic heterocycles. The predicted molar refractivity (Wildman–Crippen MR) is 58.1 cm³/mol. The van der Waals surface area contributed by atoms with Crippen LogP contribution in [0, 0.1) is 5.92 Å². The quantitative estimate of drug-likeness (QED) is 0.703. The van der Waals surface area contributed by atoms with E-state index in [1.165, 1.54) is 6.42 Å². The van der Waals surface area contributed by atoms with Crippen LogP contribution in [0.25, 0.3) is 0 Å². The highest BCUT2D eigenvalue weighted by molar-refractivity contribution is 5.03. The topological polar surface area (TPSA) is 61.3 Å². The standard InChI is InChI=1S/C11H20N2O2/c1-9(2)4-3-5-14-8-11-6-10(7-12)13-15-11/h6,9H,3-5,7-8,12H2,1-2H3. The molecule has 2 N–H and O–H groups in total. The minimum Gasteiger partial charge on any atom is -0.373 e. The van der Waals surface area contributed by atoms with Gasteiger partial charge in [0.25, 0.3) is 0 Å².